The number of nitrogens with zero attached hydrogens (tertiary/aromatic N) is 2. The van der Waals surface area contributed by atoms with Crippen LogP contribution in [0.1, 0.15) is 37.8 Å². The number of likely N-dealkylation sites (tertiary alicyclic amines) is 1. The van der Waals surface area contributed by atoms with Gasteiger partial charge < -0.3 is 10.1 Å². The summed E-state index contributed by atoms with van der Waals surface area (Å²) in [5.74, 6) is -0.449. The minimum absolute atomic E-state index is 0.239. The van der Waals surface area contributed by atoms with Gasteiger partial charge in [0.15, 0.2) is 0 Å². The highest BCUT2D eigenvalue weighted by molar-refractivity contribution is 6.42. The van der Waals surface area contributed by atoms with E-state index in [0.29, 0.717) is 40.0 Å². The Morgan fingerprint density at radius 3 is 2.63 bits per heavy atom. The molecule has 0 unspecified atom stereocenters. The highest BCUT2D eigenvalue weighted by atomic mass is 35.5. The predicted octanol–water partition coefficient (Wildman–Crippen LogP) is 4.55. The van der Waals surface area contributed by atoms with Crippen LogP contribution in [0.5, 0.6) is 0 Å². The van der Waals surface area contributed by atoms with Crippen LogP contribution in [-0.2, 0) is 9.53 Å². The smallest absolute Gasteiger partial charge is 0.338 e. The van der Waals surface area contributed by atoms with Crippen LogP contribution in [0.15, 0.2) is 42.1 Å². The van der Waals surface area contributed by atoms with E-state index in [1.54, 1.807) is 36.1 Å². The van der Waals surface area contributed by atoms with Crippen molar-refractivity contribution < 1.29 is 14.3 Å². The molecule has 1 fully saturated rings. The molecule has 6 nitrogen and oxygen atoms in total. The molecule has 0 spiro atoms. The van der Waals surface area contributed by atoms with E-state index in [2.05, 4.69) is 16.8 Å². The summed E-state index contributed by atoms with van der Waals surface area (Å²) < 4.78 is 5.39. The zero-order valence-corrected chi connectivity index (χ0v) is 18.6. The minimum atomic E-state index is -0.674. The van der Waals surface area contributed by atoms with E-state index in [1.165, 1.54) is 6.42 Å². The Morgan fingerprint density at radius 1 is 1.27 bits per heavy atom. The van der Waals surface area contributed by atoms with Crippen LogP contribution >= 0.6 is 23.2 Å². The van der Waals surface area contributed by atoms with Crippen LogP contribution in [0, 0.1) is 0 Å². The number of rotatable bonds is 7. The number of nitrogens with one attached hydrogen (secondary N) is 1. The first-order chi connectivity index (χ1) is 14.5. The molecule has 1 saturated heterocycles. The van der Waals surface area contributed by atoms with Gasteiger partial charge in [0.05, 0.1) is 28.3 Å². The molecule has 8 heteroatoms. The second-order valence-corrected chi connectivity index (χ2v) is 8.19. The number of piperidine rings is 1. The summed E-state index contributed by atoms with van der Waals surface area (Å²) in [6.45, 7) is 8.42. The van der Waals surface area contributed by atoms with E-state index in [4.69, 9.17) is 27.9 Å². The van der Waals surface area contributed by atoms with Crippen LogP contribution in [0.2, 0.25) is 10.0 Å². The molecule has 2 aliphatic heterocycles. The molecule has 0 radical (unpaired) electrons. The molecule has 1 aromatic rings. The zero-order chi connectivity index (χ0) is 21.7. The molecule has 2 heterocycles. The van der Waals surface area contributed by atoms with Crippen molar-refractivity contribution in [3.05, 3.63) is 57.7 Å². The third kappa shape index (κ3) is 4.99. The fraction of sp³-hybridized carbons (Fsp3) is 0.455. The molecule has 3 rings (SSSR count). The van der Waals surface area contributed by atoms with Gasteiger partial charge in [0.25, 0.3) is 0 Å². The first-order valence-electron chi connectivity index (χ1n) is 10.2. The van der Waals surface area contributed by atoms with E-state index in [1.807, 2.05) is 0 Å². The molecule has 0 aromatic heterocycles. The number of halogens is 2. The van der Waals surface area contributed by atoms with Crippen molar-refractivity contribution in [2.75, 3.05) is 32.8 Å². The van der Waals surface area contributed by atoms with Gasteiger partial charge in [-0.3, -0.25) is 9.80 Å². The van der Waals surface area contributed by atoms with Crippen molar-refractivity contribution in [2.45, 2.75) is 32.2 Å². The topological polar surface area (TPSA) is 61.9 Å². The second kappa shape index (κ2) is 10.3. The minimum Gasteiger partial charge on any atom is -0.463 e. The molecule has 1 aromatic carbocycles. The molecule has 0 aliphatic carbocycles. The molecule has 0 bridgehead atoms. The third-order valence-corrected chi connectivity index (χ3v) is 6.08. The molecular weight excluding hydrogens is 425 g/mol. The van der Waals surface area contributed by atoms with Crippen LogP contribution < -0.4 is 5.32 Å². The number of carbonyl (C=O) groups is 2. The van der Waals surface area contributed by atoms with Gasteiger partial charge in [0.2, 0.25) is 0 Å². The van der Waals surface area contributed by atoms with E-state index < -0.39 is 12.0 Å². The third-order valence-electron chi connectivity index (χ3n) is 5.34. The SMILES string of the molecule is C=CCN1C(=O)N[C@H](c2ccc(Cl)c(Cl)c2)C(C(=O)OCC)=C1CN1CCCCC1. The monoisotopic (exact) mass is 451 g/mol. The number of carbonyl (C=O) groups excluding carboxylic acids is 2. The number of benzene rings is 1. The van der Waals surface area contributed by atoms with Crippen molar-refractivity contribution in [3.8, 4) is 0 Å². The number of hydrogen-bond acceptors (Lipinski definition) is 4. The van der Waals surface area contributed by atoms with Gasteiger partial charge in [-0.1, -0.05) is 41.8 Å². The van der Waals surface area contributed by atoms with Crippen molar-refractivity contribution >= 4 is 35.2 Å². The number of urea groups is 1. The summed E-state index contributed by atoms with van der Waals surface area (Å²) in [5, 5.41) is 3.70. The maximum Gasteiger partial charge on any atom is 0.338 e. The Morgan fingerprint density at radius 2 is 2.00 bits per heavy atom. The summed E-state index contributed by atoms with van der Waals surface area (Å²) in [7, 11) is 0. The molecule has 2 aliphatic rings. The van der Waals surface area contributed by atoms with Gasteiger partial charge in [0, 0.05) is 18.8 Å². The number of hydrogen-bond donors (Lipinski definition) is 1. The Labute approximate surface area is 187 Å². The van der Waals surface area contributed by atoms with Crippen LogP contribution in [-0.4, -0.2) is 54.6 Å². The highest BCUT2D eigenvalue weighted by Gasteiger charge is 2.38. The van der Waals surface area contributed by atoms with Gasteiger partial charge in [0.1, 0.15) is 0 Å². The summed E-state index contributed by atoms with van der Waals surface area (Å²) in [6.07, 6.45) is 5.05. The molecule has 1 N–H and O–H groups in total. The first kappa shape index (κ1) is 22.7. The van der Waals surface area contributed by atoms with E-state index in [0.717, 1.165) is 25.9 Å². The average molecular weight is 452 g/mol. The van der Waals surface area contributed by atoms with Crippen molar-refractivity contribution in [1.82, 2.24) is 15.1 Å². The normalized spacial score (nSPS) is 20.2. The predicted molar refractivity (Wildman–Crippen MR) is 119 cm³/mol. The second-order valence-electron chi connectivity index (χ2n) is 7.37. The fourth-order valence-electron chi connectivity index (χ4n) is 3.92. The molecule has 162 valence electrons. The van der Waals surface area contributed by atoms with Crippen molar-refractivity contribution in [2.24, 2.45) is 0 Å². The lowest BCUT2D eigenvalue weighted by Crippen LogP contribution is -2.51. The van der Waals surface area contributed by atoms with Gasteiger partial charge in [-0.15, -0.1) is 6.58 Å². The quantitative estimate of drug-likeness (QED) is 0.487. The van der Waals surface area contributed by atoms with Crippen molar-refractivity contribution in [1.29, 1.82) is 0 Å². The van der Waals surface area contributed by atoms with E-state index in [-0.39, 0.29) is 12.6 Å². The number of ether oxygens (including phenoxy) is 1. The molecule has 0 saturated carbocycles. The largest absolute Gasteiger partial charge is 0.463 e. The average Bonchev–Trinajstić information content (AvgIpc) is 2.73. The van der Waals surface area contributed by atoms with Gasteiger partial charge in [-0.25, -0.2) is 9.59 Å². The Bertz CT molecular complexity index is 850. The maximum atomic E-state index is 13.1. The summed E-state index contributed by atoms with van der Waals surface area (Å²) in [5.41, 5.74) is 1.74. The Kier molecular flexibility index (Phi) is 7.81. The molecule has 30 heavy (non-hydrogen) atoms. The van der Waals surface area contributed by atoms with Gasteiger partial charge in [-0.05, 0) is 50.6 Å². The van der Waals surface area contributed by atoms with Crippen LogP contribution in [0.25, 0.3) is 0 Å². The summed E-state index contributed by atoms with van der Waals surface area (Å²) >= 11 is 12.3. The lowest BCUT2D eigenvalue weighted by atomic mass is 9.94. The maximum absolute atomic E-state index is 13.1. The highest BCUT2D eigenvalue weighted by Crippen LogP contribution is 2.35. The van der Waals surface area contributed by atoms with Crippen molar-refractivity contribution in [3.63, 3.8) is 0 Å². The molecule has 1 atom stereocenters. The lowest BCUT2D eigenvalue weighted by Gasteiger charge is -2.39. The van der Waals surface area contributed by atoms with E-state index >= 15 is 0 Å². The van der Waals surface area contributed by atoms with E-state index in [9.17, 15) is 9.59 Å². The Balaban J connectivity index is 2.11. The Hall–Kier alpha value is -2.02. The number of amides is 2. The summed E-state index contributed by atoms with van der Waals surface area (Å²) in [4.78, 5) is 29.9. The van der Waals surface area contributed by atoms with Crippen LogP contribution in [0.3, 0.4) is 0 Å². The summed E-state index contributed by atoms with van der Waals surface area (Å²) in [6, 6.07) is 4.14. The fourth-order valence-corrected chi connectivity index (χ4v) is 4.22. The van der Waals surface area contributed by atoms with Gasteiger partial charge in [-0.2, -0.15) is 0 Å². The first-order valence-corrected chi connectivity index (χ1v) is 11.0. The van der Waals surface area contributed by atoms with Gasteiger partial charge >= 0.3 is 12.0 Å². The molecular formula is C22H27Cl2N3O3. The zero-order valence-electron chi connectivity index (χ0n) is 17.1. The van der Waals surface area contributed by atoms with Crippen LogP contribution in [0.4, 0.5) is 4.79 Å². The molecule has 2 amide bonds. The standard InChI is InChI=1S/C22H27Cl2N3O3/c1-3-10-27-18(14-26-11-6-5-7-12-26)19(21(28)30-4-2)20(25-22(27)29)15-8-9-16(23)17(24)13-15/h3,8-9,13,20H,1,4-7,10-12,14H2,2H3,(H,25,29)/t20-/m1/s1. The lowest BCUT2D eigenvalue weighted by molar-refractivity contribution is -0.139. The number of esters is 1.